The molecule has 0 fully saturated rings. The Morgan fingerprint density at radius 2 is 1.81 bits per heavy atom. The number of hydrogen-bond acceptors (Lipinski definition) is 6. The number of methoxy groups -OCH3 is 2. The van der Waals surface area contributed by atoms with Crippen molar-refractivity contribution < 1.29 is 14.3 Å². The number of ether oxygens (including phenoxy) is 2. The molecule has 0 bridgehead atoms. The number of hydrogen-bond donors (Lipinski definition) is 0. The van der Waals surface area contributed by atoms with E-state index >= 15 is 0 Å². The highest BCUT2D eigenvalue weighted by molar-refractivity contribution is 7.17. The molecule has 7 heteroatoms. The first-order chi connectivity index (χ1) is 14.9. The minimum Gasteiger partial charge on any atom is -0.493 e. The molecule has 0 aliphatic rings. The number of nitrogens with zero attached hydrogens (tertiary/aromatic N) is 2. The van der Waals surface area contributed by atoms with Crippen LogP contribution in [0.2, 0.25) is 0 Å². The Morgan fingerprint density at radius 3 is 2.52 bits per heavy atom. The van der Waals surface area contributed by atoms with Crippen LogP contribution in [-0.2, 0) is 6.54 Å². The van der Waals surface area contributed by atoms with Gasteiger partial charge in [-0.2, -0.15) is 0 Å². The van der Waals surface area contributed by atoms with Crippen molar-refractivity contribution in [2.45, 2.75) is 20.4 Å². The number of benzene rings is 2. The second kappa shape index (κ2) is 8.35. The number of fused-ring (bicyclic) bond motifs is 1. The largest absolute Gasteiger partial charge is 0.493 e. The summed E-state index contributed by atoms with van der Waals surface area (Å²) in [7, 11) is 3.05. The number of Topliss-reactive ketones (excluding diaryl/α,β-unsaturated/α-hetero) is 1. The Hall–Kier alpha value is -3.45. The van der Waals surface area contributed by atoms with Gasteiger partial charge in [0.25, 0.3) is 5.56 Å². The SMILES string of the molecule is COc1ccc(C(=O)Cn2cnc3scc(-c4ccc(C)c(C)c4)c3c2=O)cc1OC. The van der Waals surface area contributed by atoms with Gasteiger partial charge in [-0.1, -0.05) is 18.2 Å². The van der Waals surface area contributed by atoms with E-state index < -0.39 is 0 Å². The summed E-state index contributed by atoms with van der Waals surface area (Å²) >= 11 is 1.43. The predicted molar refractivity (Wildman–Crippen MR) is 123 cm³/mol. The van der Waals surface area contributed by atoms with Crippen molar-refractivity contribution in [2.75, 3.05) is 14.2 Å². The van der Waals surface area contributed by atoms with Crippen LogP contribution in [0.25, 0.3) is 21.3 Å². The quantitative estimate of drug-likeness (QED) is 0.414. The summed E-state index contributed by atoms with van der Waals surface area (Å²) in [6, 6.07) is 11.1. The van der Waals surface area contributed by atoms with E-state index in [1.165, 1.54) is 42.0 Å². The number of aryl methyl sites for hydroxylation is 2. The van der Waals surface area contributed by atoms with Gasteiger partial charge in [0.1, 0.15) is 4.83 Å². The van der Waals surface area contributed by atoms with Crippen LogP contribution in [0.15, 0.2) is 52.9 Å². The molecular formula is C24H22N2O4S. The first kappa shape index (κ1) is 20.8. The van der Waals surface area contributed by atoms with E-state index in [1.54, 1.807) is 18.2 Å². The van der Waals surface area contributed by atoms with Crippen molar-refractivity contribution in [3.8, 4) is 22.6 Å². The molecule has 0 unspecified atom stereocenters. The van der Waals surface area contributed by atoms with Gasteiger partial charge < -0.3 is 9.47 Å². The van der Waals surface area contributed by atoms with Crippen molar-refractivity contribution in [1.29, 1.82) is 0 Å². The predicted octanol–water partition coefficient (Wildman–Crippen LogP) is 4.64. The molecule has 2 aromatic heterocycles. The summed E-state index contributed by atoms with van der Waals surface area (Å²) in [6.45, 7) is 3.99. The van der Waals surface area contributed by atoms with Crippen LogP contribution in [0.4, 0.5) is 0 Å². The Labute approximate surface area is 183 Å². The van der Waals surface area contributed by atoms with Gasteiger partial charge in [0.2, 0.25) is 0 Å². The van der Waals surface area contributed by atoms with Crippen LogP contribution in [-0.4, -0.2) is 29.6 Å². The first-order valence-electron chi connectivity index (χ1n) is 9.72. The lowest BCUT2D eigenvalue weighted by molar-refractivity contribution is 0.0970. The molecule has 0 saturated carbocycles. The molecule has 6 nitrogen and oxygen atoms in total. The van der Waals surface area contributed by atoms with E-state index in [1.807, 2.05) is 24.4 Å². The van der Waals surface area contributed by atoms with Gasteiger partial charge in [-0.15, -0.1) is 11.3 Å². The number of carbonyl (C=O) groups excluding carboxylic acids is 1. The monoisotopic (exact) mass is 434 g/mol. The van der Waals surface area contributed by atoms with E-state index in [0.717, 1.165) is 16.7 Å². The average Bonchev–Trinajstić information content (AvgIpc) is 3.22. The summed E-state index contributed by atoms with van der Waals surface area (Å²) in [5.41, 5.74) is 4.37. The minimum absolute atomic E-state index is 0.112. The number of thiophene rings is 1. The summed E-state index contributed by atoms with van der Waals surface area (Å²) in [6.07, 6.45) is 1.43. The lowest BCUT2D eigenvalue weighted by Gasteiger charge is -2.10. The van der Waals surface area contributed by atoms with Crippen LogP contribution in [0.3, 0.4) is 0 Å². The molecule has 0 N–H and O–H groups in total. The van der Waals surface area contributed by atoms with Crippen molar-refractivity contribution in [3.05, 3.63) is 75.1 Å². The molecule has 4 aromatic rings. The topological polar surface area (TPSA) is 70.4 Å². The number of ketones is 1. The highest BCUT2D eigenvalue weighted by Gasteiger charge is 2.17. The van der Waals surface area contributed by atoms with Gasteiger partial charge >= 0.3 is 0 Å². The fourth-order valence-electron chi connectivity index (χ4n) is 3.46. The fraction of sp³-hybridized carbons (Fsp3) is 0.208. The first-order valence-corrected chi connectivity index (χ1v) is 10.6. The third-order valence-corrected chi connectivity index (χ3v) is 6.28. The third-order valence-electron chi connectivity index (χ3n) is 5.40. The van der Waals surface area contributed by atoms with Crippen LogP contribution >= 0.6 is 11.3 Å². The fourth-order valence-corrected chi connectivity index (χ4v) is 4.36. The molecule has 0 spiro atoms. The van der Waals surface area contributed by atoms with Gasteiger partial charge in [-0.05, 0) is 48.7 Å². The van der Waals surface area contributed by atoms with E-state index in [0.29, 0.717) is 27.3 Å². The zero-order valence-electron chi connectivity index (χ0n) is 17.8. The van der Waals surface area contributed by atoms with Crippen LogP contribution in [0, 0.1) is 13.8 Å². The lowest BCUT2D eigenvalue weighted by atomic mass is 10.0. The van der Waals surface area contributed by atoms with Crippen molar-refractivity contribution in [3.63, 3.8) is 0 Å². The van der Waals surface area contributed by atoms with Gasteiger partial charge in [0.15, 0.2) is 17.3 Å². The zero-order valence-corrected chi connectivity index (χ0v) is 18.6. The molecule has 31 heavy (non-hydrogen) atoms. The zero-order chi connectivity index (χ0) is 22.1. The van der Waals surface area contributed by atoms with E-state index in [2.05, 4.69) is 18.0 Å². The highest BCUT2D eigenvalue weighted by Crippen LogP contribution is 2.32. The molecule has 0 atom stereocenters. The molecule has 0 saturated heterocycles. The minimum atomic E-state index is -0.228. The molecule has 2 heterocycles. The average molecular weight is 435 g/mol. The van der Waals surface area contributed by atoms with Crippen LogP contribution in [0.1, 0.15) is 21.5 Å². The van der Waals surface area contributed by atoms with Gasteiger partial charge in [0, 0.05) is 16.5 Å². The van der Waals surface area contributed by atoms with E-state index in [-0.39, 0.29) is 17.9 Å². The number of carbonyl (C=O) groups is 1. The lowest BCUT2D eigenvalue weighted by Crippen LogP contribution is -2.24. The van der Waals surface area contributed by atoms with E-state index in [4.69, 9.17) is 9.47 Å². The molecular weight excluding hydrogens is 412 g/mol. The second-order valence-corrected chi connectivity index (χ2v) is 8.16. The Kier molecular flexibility index (Phi) is 5.61. The molecule has 0 amide bonds. The smallest absolute Gasteiger partial charge is 0.263 e. The third kappa shape index (κ3) is 3.84. The van der Waals surface area contributed by atoms with Crippen LogP contribution < -0.4 is 15.0 Å². The standard InChI is InChI=1S/C24H22N2O4S/c1-14-5-6-16(9-15(14)2)18-12-31-23-22(18)24(28)26(13-25-23)11-19(27)17-7-8-20(29-3)21(10-17)30-4/h5-10,12-13H,11H2,1-4H3. The molecule has 4 rings (SSSR count). The number of rotatable bonds is 6. The Bertz CT molecular complexity index is 1350. The van der Waals surface area contributed by atoms with Gasteiger partial charge in [0.05, 0.1) is 32.5 Å². The maximum atomic E-state index is 13.3. The summed E-state index contributed by atoms with van der Waals surface area (Å²) < 4.78 is 11.9. The molecule has 0 radical (unpaired) electrons. The molecule has 0 aliphatic heterocycles. The molecule has 2 aromatic carbocycles. The Balaban J connectivity index is 1.72. The van der Waals surface area contributed by atoms with Crippen molar-refractivity contribution >= 4 is 27.3 Å². The van der Waals surface area contributed by atoms with Crippen molar-refractivity contribution in [1.82, 2.24) is 9.55 Å². The number of aromatic nitrogens is 2. The Morgan fingerprint density at radius 1 is 1.03 bits per heavy atom. The second-order valence-electron chi connectivity index (χ2n) is 7.30. The highest BCUT2D eigenvalue weighted by atomic mass is 32.1. The van der Waals surface area contributed by atoms with E-state index in [9.17, 15) is 9.59 Å². The van der Waals surface area contributed by atoms with Gasteiger partial charge in [-0.3, -0.25) is 14.2 Å². The maximum absolute atomic E-state index is 13.3. The van der Waals surface area contributed by atoms with Crippen LogP contribution in [0.5, 0.6) is 11.5 Å². The molecule has 158 valence electrons. The normalized spacial score (nSPS) is 11.0. The summed E-state index contributed by atoms with van der Waals surface area (Å²) in [5, 5.41) is 2.49. The molecule has 0 aliphatic carbocycles. The van der Waals surface area contributed by atoms with Crippen molar-refractivity contribution in [2.24, 2.45) is 0 Å². The van der Waals surface area contributed by atoms with Gasteiger partial charge in [-0.25, -0.2) is 4.98 Å². The maximum Gasteiger partial charge on any atom is 0.263 e. The summed E-state index contributed by atoms with van der Waals surface area (Å²) in [4.78, 5) is 31.2. The summed E-state index contributed by atoms with van der Waals surface area (Å²) in [5.74, 6) is 0.784.